The zero-order chi connectivity index (χ0) is 20.9. The average Bonchev–Trinajstić information content (AvgIpc) is 2.60. The number of esters is 1. The van der Waals surface area contributed by atoms with E-state index in [0.29, 0.717) is 6.42 Å². The van der Waals surface area contributed by atoms with Gasteiger partial charge in [0.15, 0.2) is 0 Å². The Morgan fingerprint density at radius 3 is 2.11 bits per heavy atom. The third-order valence-electron chi connectivity index (χ3n) is 4.37. The van der Waals surface area contributed by atoms with Gasteiger partial charge in [-0.3, -0.25) is 14.4 Å². The SMILES string of the molecule is CC(C)(C)OC(=O)CC(CCCC1CCCCC1)C(=O)ON.NCC(N)=O. The topological polar surface area (TPSA) is 148 Å². The molecule has 1 aliphatic carbocycles. The highest BCUT2D eigenvalue weighted by Gasteiger charge is 2.26. The van der Waals surface area contributed by atoms with Crippen molar-refractivity contribution in [2.45, 2.75) is 84.2 Å². The molecular weight excluding hydrogens is 350 g/mol. The Kier molecular flexibility index (Phi) is 12.7. The molecule has 1 amide bonds. The second-order valence-corrected chi connectivity index (χ2v) is 8.03. The first kappa shape index (κ1) is 25.3. The van der Waals surface area contributed by atoms with Crippen LogP contribution in [0.1, 0.15) is 78.6 Å². The summed E-state index contributed by atoms with van der Waals surface area (Å²) < 4.78 is 5.27. The van der Waals surface area contributed by atoms with Crippen LogP contribution in [0.25, 0.3) is 0 Å². The zero-order valence-corrected chi connectivity index (χ0v) is 17.0. The molecule has 0 aromatic heterocycles. The maximum Gasteiger partial charge on any atom is 0.328 e. The predicted molar refractivity (Wildman–Crippen MR) is 103 cm³/mol. The monoisotopic (exact) mass is 387 g/mol. The summed E-state index contributed by atoms with van der Waals surface area (Å²) in [5.41, 5.74) is 8.68. The molecule has 0 aromatic rings. The summed E-state index contributed by atoms with van der Waals surface area (Å²) in [5.74, 6) is 3.90. The van der Waals surface area contributed by atoms with Crippen LogP contribution < -0.4 is 17.4 Å². The Hall–Kier alpha value is -1.67. The van der Waals surface area contributed by atoms with Crippen molar-refractivity contribution in [1.29, 1.82) is 0 Å². The fourth-order valence-electron chi connectivity index (χ4n) is 3.11. The molecule has 8 nitrogen and oxygen atoms in total. The van der Waals surface area contributed by atoms with Crippen molar-refractivity contribution >= 4 is 17.8 Å². The summed E-state index contributed by atoms with van der Waals surface area (Å²) >= 11 is 0. The number of hydrogen-bond acceptors (Lipinski definition) is 7. The molecule has 1 saturated carbocycles. The van der Waals surface area contributed by atoms with Gasteiger partial charge in [0.25, 0.3) is 0 Å². The molecule has 1 rings (SSSR count). The van der Waals surface area contributed by atoms with Gasteiger partial charge in [-0.2, -0.15) is 5.90 Å². The summed E-state index contributed by atoms with van der Waals surface area (Å²) in [4.78, 5) is 37.4. The Balaban J connectivity index is 0.00000119. The molecule has 0 aliphatic heterocycles. The lowest BCUT2D eigenvalue weighted by molar-refractivity contribution is -0.162. The van der Waals surface area contributed by atoms with E-state index in [1.54, 1.807) is 0 Å². The molecule has 1 atom stereocenters. The number of amides is 1. The Labute approximate surface area is 162 Å². The number of carbonyl (C=O) groups is 3. The van der Waals surface area contributed by atoms with Gasteiger partial charge < -0.3 is 21.0 Å². The third kappa shape index (κ3) is 14.1. The van der Waals surface area contributed by atoms with E-state index in [1.165, 1.54) is 32.1 Å². The van der Waals surface area contributed by atoms with Gasteiger partial charge in [-0.25, -0.2) is 0 Å². The predicted octanol–water partition coefficient (Wildman–Crippen LogP) is 1.93. The first-order valence-corrected chi connectivity index (χ1v) is 9.69. The number of ether oxygens (including phenoxy) is 1. The zero-order valence-electron chi connectivity index (χ0n) is 17.0. The van der Waals surface area contributed by atoms with E-state index in [0.717, 1.165) is 18.8 Å². The highest BCUT2D eigenvalue weighted by atomic mass is 16.7. The van der Waals surface area contributed by atoms with Gasteiger partial charge in [0.1, 0.15) is 5.60 Å². The van der Waals surface area contributed by atoms with Crippen molar-refractivity contribution in [2.75, 3.05) is 6.54 Å². The number of hydrogen-bond donors (Lipinski definition) is 3. The largest absolute Gasteiger partial charge is 0.460 e. The van der Waals surface area contributed by atoms with Gasteiger partial charge in [0, 0.05) is 0 Å². The van der Waals surface area contributed by atoms with Crippen LogP contribution in [0.4, 0.5) is 0 Å². The van der Waals surface area contributed by atoms with Crippen molar-refractivity contribution in [3.8, 4) is 0 Å². The van der Waals surface area contributed by atoms with Crippen molar-refractivity contribution in [3.63, 3.8) is 0 Å². The van der Waals surface area contributed by atoms with E-state index in [4.69, 9.17) is 16.4 Å². The van der Waals surface area contributed by atoms with Crippen LogP contribution in [0.5, 0.6) is 0 Å². The minimum atomic E-state index is -0.545. The highest BCUT2D eigenvalue weighted by Crippen LogP contribution is 2.29. The Morgan fingerprint density at radius 2 is 1.67 bits per heavy atom. The second-order valence-electron chi connectivity index (χ2n) is 8.03. The van der Waals surface area contributed by atoms with Gasteiger partial charge in [0.2, 0.25) is 5.91 Å². The van der Waals surface area contributed by atoms with Crippen LogP contribution in [-0.2, 0) is 24.0 Å². The lowest BCUT2D eigenvalue weighted by Gasteiger charge is -2.23. The van der Waals surface area contributed by atoms with Crippen molar-refractivity contribution in [2.24, 2.45) is 29.2 Å². The molecule has 0 bridgehead atoms. The van der Waals surface area contributed by atoms with Crippen molar-refractivity contribution in [3.05, 3.63) is 0 Å². The van der Waals surface area contributed by atoms with E-state index in [-0.39, 0.29) is 18.9 Å². The molecular formula is C19H37N3O5. The summed E-state index contributed by atoms with van der Waals surface area (Å²) in [6.07, 6.45) is 9.26. The highest BCUT2D eigenvalue weighted by molar-refractivity contribution is 5.79. The lowest BCUT2D eigenvalue weighted by Crippen LogP contribution is -2.29. The average molecular weight is 388 g/mol. The molecule has 0 saturated heterocycles. The molecule has 0 radical (unpaired) electrons. The second kappa shape index (κ2) is 13.5. The summed E-state index contributed by atoms with van der Waals surface area (Å²) in [7, 11) is 0. The minimum absolute atomic E-state index is 0.0397. The number of carbonyl (C=O) groups excluding carboxylic acids is 3. The molecule has 0 aromatic carbocycles. The fraction of sp³-hybridized carbons (Fsp3) is 0.842. The Morgan fingerprint density at radius 1 is 1.11 bits per heavy atom. The molecule has 1 fully saturated rings. The van der Waals surface area contributed by atoms with Gasteiger partial charge in [-0.05, 0) is 33.1 Å². The van der Waals surface area contributed by atoms with E-state index in [2.05, 4.69) is 10.6 Å². The van der Waals surface area contributed by atoms with Gasteiger partial charge in [-0.1, -0.05) is 44.9 Å². The van der Waals surface area contributed by atoms with Crippen LogP contribution in [0.15, 0.2) is 0 Å². The summed E-state index contributed by atoms with van der Waals surface area (Å²) in [6, 6.07) is 0. The molecule has 158 valence electrons. The molecule has 8 heteroatoms. The molecule has 0 spiro atoms. The minimum Gasteiger partial charge on any atom is -0.460 e. The normalized spacial score (nSPS) is 15.9. The van der Waals surface area contributed by atoms with Crippen molar-refractivity contribution in [1.82, 2.24) is 0 Å². The molecule has 1 aliphatic rings. The first-order valence-electron chi connectivity index (χ1n) is 9.69. The van der Waals surface area contributed by atoms with Gasteiger partial charge >= 0.3 is 11.9 Å². The standard InChI is InChI=1S/C17H31NO4.C2H6N2O/c1-17(2,3)21-15(19)12-14(16(20)22-18)11-7-10-13-8-5-4-6-9-13;3-1-2(4)5/h13-14H,4-12,18H2,1-3H3;1,3H2,(H2,4,5). The maximum atomic E-state index is 11.9. The fourth-order valence-corrected chi connectivity index (χ4v) is 3.11. The van der Waals surface area contributed by atoms with Gasteiger partial charge in [-0.15, -0.1) is 0 Å². The van der Waals surface area contributed by atoms with Crippen LogP contribution in [-0.4, -0.2) is 30.0 Å². The summed E-state index contributed by atoms with van der Waals surface area (Å²) in [6.45, 7) is 5.37. The van der Waals surface area contributed by atoms with E-state index >= 15 is 0 Å². The van der Waals surface area contributed by atoms with E-state index in [1.807, 2.05) is 20.8 Å². The first-order chi connectivity index (χ1) is 12.6. The molecule has 0 heterocycles. The van der Waals surface area contributed by atoms with Crippen molar-refractivity contribution < 1.29 is 24.0 Å². The lowest BCUT2D eigenvalue weighted by atomic mass is 9.84. The van der Waals surface area contributed by atoms with Crippen LogP contribution in [0.2, 0.25) is 0 Å². The third-order valence-corrected chi connectivity index (χ3v) is 4.37. The molecule has 6 N–H and O–H groups in total. The summed E-state index contributed by atoms with van der Waals surface area (Å²) in [5, 5.41) is 0. The quantitative estimate of drug-likeness (QED) is 0.425. The molecule has 1 unspecified atom stereocenters. The maximum absolute atomic E-state index is 11.9. The van der Waals surface area contributed by atoms with Crippen LogP contribution in [0.3, 0.4) is 0 Å². The number of primary amides is 1. The van der Waals surface area contributed by atoms with E-state index in [9.17, 15) is 14.4 Å². The Bertz CT molecular complexity index is 457. The van der Waals surface area contributed by atoms with Crippen LogP contribution >= 0.6 is 0 Å². The number of nitrogens with two attached hydrogens (primary N) is 3. The smallest absolute Gasteiger partial charge is 0.328 e. The van der Waals surface area contributed by atoms with Crippen LogP contribution in [0, 0.1) is 11.8 Å². The van der Waals surface area contributed by atoms with E-state index < -0.39 is 23.4 Å². The van der Waals surface area contributed by atoms with Gasteiger partial charge in [0.05, 0.1) is 18.9 Å². The number of rotatable bonds is 8. The molecule has 27 heavy (non-hydrogen) atoms.